The number of rotatable bonds is 5. The molecule has 6 heteroatoms. The van der Waals surface area contributed by atoms with Crippen LogP contribution >= 0.6 is 7.05 Å². The highest BCUT2D eigenvalue weighted by Crippen LogP contribution is 2.50. The molecule has 5 nitrogen and oxygen atoms in total. The Balaban J connectivity index is 1.68. The molecule has 5 aromatic rings. The van der Waals surface area contributed by atoms with Gasteiger partial charge in [0.1, 0.15) is 6.33 Å². The van der Waals surface area contributed by atoms with Crippen molar-refractivity contribution in [2.24, 2.45) is 4.74 Å². The summed E-state index contributed by atoms with van der Waals surface area (Å²) in [6, 6.07) is 32.4. The fourth-order valence-electron chi connectivity index (χ4n) is 5.47. The molecule has 0 saturated heterocycles. The molecule has 1 saturated carbocycles. The van der Waals surface area contributed by atoms with Gasteiger partial charge in [0.05, 0.1) is 24.2 Å². The summed E-state index contributed by atoms with van der Waals surface area (Å²) in [5.41, 5.74) is 1.85. The molecule has 2 aromatic heterocycles. The lowest BCUT2D eigenvalue weighted by Crippen LogP contribution is -2.25. The molecule has 0 radical (unpaired) electrons. The highest BCUT2D eigenvalue weighted by Gasteiger charge is 2.29. The molecular formula is C30H30N5P. The van der Waals surface area contributed by atoms with Gasteiger partial charge in [-0.1, -0.05) is 110 Å². The number of nitrogens with zero attached hydrogens (tertiary/aromatic N) is 5. The van der Waals surface area contributed by atoms with E-state index in [9.17, 15) is 0 Å². The molecule has 1 aliphatic rings. The molecule has 0 atom stereocenters. The Morgan fingerprint density at radius 1 is 0.722 bits per heavy atom. The predicted molar refractivity (Wildman–Crippen MR) is 149 cm³/mol. The zero-order valence-electron chi connectivity index (χ0n) is 20.5. The second kappa shape index (κ2) is 9.83. The van der Waals surface area contributed by atoms with Crippen molar-refractivity contribution in [1.29, 1.82) is 0 Å². The maximum absolute atomic E-state index is 5.65. The number of benzene rings is 3. The van der Waals surface area contributed by atoms with Crippen LogP contribution in [0.2, 0.25) is 0 Å². The van der Waals surface area contributed by atoms with Gasteiger partial charge in [-0.05, 0) is 19.8 Å². The number of aromatic nitrogens is 4. The SMILES string of the molecule is Cc1nn(C2CCCCC2)c2ncnc(N=P(c3ccccc3)(c3ccccc3)c3ccccc3)c12. The topological polar surface area (TPSA) is 56.0 Å². The molecule has 0 spiro atoms. The molecule has 2 heterocycles. The van der Waals surface area contributed by atoms with Crippen LogP contribution in [-0.4, -0.2) is 19.7 Å². The lowest BCUT2D eigenvalue weighted by atomic mass is 9.96. The van der Waals surface area contributed by atoms with Crippen molar-refractivity contribution >= 4 is 39.8 Å². The van der Waals surface area contributed by atoms with E-state index in [2.05, 4.69) is 103 Å². The first-order valence-corrected chi connectivity index (χ1v) is 14.5. The quantitative estimate of drug-likeness (QED) is 0.266. The molecule has 180 valence electrons. The van der Waals surface area contributed by atoms with E-state index < -0.39 is 7.05 Å². The van der Waals surface area contributed by atoms with E-state index in [1.54, 1.807) is 6.33 Å². The number of hydrogen-bond acceptors (Lipinski definition) is 4. The summed E-state index contributed by atoms with van der Waals surface area (Å²) in [5.74, 6) is 0.726. The van der Waals surface area contributed by atoms with Crippen molar-refractivity contribution < 1.29 is 0 Å². The van der Waals surface area contributed by atoms with E-state index >= 15 is 0 Å². The van der Waals surface area contributed by atoms with Gasteiger partial charge in [-0.3, -0.25) is 0 Å². The van der Waals surface area contributed by atoms with E-state index in [1.807, 2.05) is 0 Å². The first kappa shape index (κ1) is 22.9. The minimum Gasteiger partial charge on any atom is -0.244 e. The fourth-order valence-corrected chi connectivity index (χ4v) is 8.96. The molecule has 0 aliphatic heterocycles. The second-order valence-corrected chi connectivity index (χ2v) is 12.5. The van der Waals surface area contributed by atoms with Crippen LogP contribution < -0.4 is 15.9 Å². The highest BCUT2D eigenvalue weighted by molar-refractivity contribution is 7.87. The van der Waals surface area contributed by atoms with Gasteiger partial charge in [-0.15, -0.1) is 0 Å². The zero-order chi connectivity index (χ0) is 24.4. The highest BCUT2D eigenvalue weighted by atomic mass is 31.2. The van der Waals surface area contributed by atoms with E-state index in [-0.39, 0.29) is 0 Å². The van der Waals surface area contributed by atoms with Crippen molar-refractivity contribution in [1.82, 2.24) is 19.7 Å². The Kier molecular flexibility index (Phi) is 6.25. The van der Waals surface area contributed by atoms with Crippen LogP contribution in [0.1, 0.15) is 43.8 Å². The van der Waals surface area contributed by atoms with Gasteiger partial charge in [-0.25, -0.2) is 19.4 Å². The minimum absolute atomic E-state index is 0.398. The zero-order valence-corrected chi connectivity index (χ0v) is 21.4. The van der Waals surface area contributed by atoms with Crippen LogP contribution in [0.15, 0.2) is 102 Å². The van der Waals surface area contributed by atoms with E-state index in [0.29, 0.717) is 6.04 Å². The lowest BCUT2D eigenvalue weighted by Gasteiger charge is -2.26. The van der Waals surface area contributed by atoms with Gasteiger partial charge in [0.15, 0.2) is 11.5 Å². The molecule has 3 aromatic carbocycles. The van der Waals surface area contributed by atoms with E-state index in [1.165, 1.54) is 35.2 Å². The molecule has 1 fully saturated rings. The van der Waals surface area contributed by atoms with Crippen LogP contribution in [0, 0.1) is 6.92 Å². The number of fused-ring (bicyclic) bond motifs is 1. The van der Waals surface area contributed by atoms with Gasteiger partial charge >= 0.3 is 0 Å². The summed E-state index contributed by atoms with van der Waals surface area (Å²) in [7, 11) is -2.42. The van der Waals surface area contributed by atoms with Gasteiger partial charge in [-0.2, -0.15) is 5.10 Å². The first-order valence-electron chi connectivity index (χ1n) is 12.8. The summed E-state index contributed by atoms with van der Waals surface area (Å²) in [6.07, 6.45) is 7.78. The van der Waals surface area contributed by atoms with Crippen molar-refractivity contribution in [3.8, 4) is 0 Å². The van der Waals surface area contributed by atoms with Crippen LogP contribution in [0.4, 0.5) is 5.82 Å². The van der Waals surface area contributed by atoms with E-state index in [4.69, 9.17) is 19.8 Å². The van der Waals surface area contributed by atoms with Crippen molar-refractivity contribution in [3.63, 3.8) is 0 Å². The summed E-state index contributed by atoms with van der Waals surface area (Å²) in [4.78, 5) is 9.51. The Hall–Kier alpha value is -3.56. The van der Waals surface area contributed by atoms with Gasteiger partial charge in [0.25, 0.3) is 0 Å². The molecule has 6 rings (SSSR count). The Morgan fingerprint density at radius 3 is 1.78 bits per heavy atom. The Labute approximate surface area is 212 Å². The van der Waals surface area contributed by atoms with Crippen LogP contribution in [0.5, 0.6) is 0 Å². The average molecular weight is 492 g/mol. The van der Waals surface area contributed by atoms with E-state index in [0.717, 1.165) is 35.4 Å². The number of aryl methyl sites for hydroxylation is 1. The van der Waals surface area contributed by atoms with Crippen LogP contribution in [-0.2, 0) is 0 Å². The standard InChI is InChI=1S/C30H30N5P/c1-23-28-29(31-22-32-30(28)35(33-23)24-14-6-2-7-15-24)34-36(25-16-8-3-9-17-25,26-18-10-4-11-19-26)27-20-12-5-13-21-27/h3-5,8-13,16-22,24H,2,6-7,14-15H2,1H3. The maximum atomic E-state index is 5.65. The molecule has 0 amide bonds. The van der Waals surface area contributed by atoms with Gasteiger partial charge in [0.2, 0.25) is 0 Å². The number of hydrogen-bond donors (Lipinski definition) is 0. The van der Waals surface area contributed by atoms with Crippen molar-refractivity contribution in [2.75, 3.05) is 0 Å². The first-order chi connectivity index (χ1) is 17.8. The fraction of sp³-hybridized carbons (Fsp3) is 0.233. The van der Waals surface area contributed by atoms with Crippen LogP contribution in [0.25, 0.3) is 11.0 Å². The average Bonchev–Trinajstić information content (AvgIpc) is 3.31. The predicted octanol–water partition coefficient (Wildman–Crippen LogP) is 6.45. The summed E-state index contributed by atoms with van der Waals surface area (Å²) in [6.45, 7) is 2.07. The minimum atomic E-state index is -2.42. The largest absolute Gasteiger partial charge is 0.244 e. The molecule has 0 unspecified atom stereocenters. The Morgan fingerprint density at radius 2 is 1.25 bits per heavy atom. The molecular weight excluding hydrogens is 461 g/mol. The van der Waals surface area contributed by atoms with Crippen molar-refractivity contribution in [3.05, 3.63) is 103 Å². The smallest absolute Gasteiger partial charge is 0.166 e. The molecule has 1 aliphatic carbocycles. The van der Waals surface area contributed by atoms with Crippen LogP contribution in [0.3, 0.4) is 0 Å². The van der Waals surface area contributed by atoms with Crippen molar-refractivity contribution in [2.45, 2.75) is 45.1 Å². The summed E-state index contributed by atoms with van der Waals surface area (Å²) in [5, 5.41) is 9.56. The van der Waals surface area contributed by atoms with Gasteiger partial charge in [0, 0.05) is 15.9 Å². The Bertz CT molecular complexity index is 1420. The maximum Gasteiger partial charge on any atom is 0.166 e. The monoisotopic (exact) mass is 491 g/mol. The molecule has 0 N–H and O–H groups in total. The molecule has 0 bridgehead atoms. The third-order valence-electron chi connectivity index (χ3n) is 7.20. The summed E-state index contributed by atoms with van der Waals surface area (Å²) >= 11 is 0. The molecule has 36 heavy (non-hydrogen) atoms. The third-order valence-corrected chi connectivity index (χ3v) is 10.8. The van der Waals surface area contributed by atoms with Gasteiger partial charge < -0.3 is 0 Å². The summed E-state index contributed by atoms with van der Waals surface area (Å²) < 4.78 is 7.81. The lowest BCUT2D eigenvalue weighted by molar-refractivity contribution is 0.335. The third kappa shape index (κ3) is 3.98. The second-order valence-electron chi connectivity index (χ2n) is 9.46. The normalized spacial score (nSPS) is 14.7.